The number of halogens is 5. The van der Waals surface area contributed by atoms with E-state index in [2.05, 4.69) is 89.3 Å². The molecule has 7 heavy (non-hydrogen) atoms. The largest absolute Gasteiger partial charge is 0.269 e. The maximum Gasteiger partial charge on any atom is 0.0598 e. The minimum Gasteiger partial charge on any atom is -0.269 e. The van der Waals surface area contributed by atoms with E-state index in [0.29, 0.717) is 0 Å². The van der Waals surface area contributed by atoms with Crippen LogP contribution in [0.1, 0.15) is 6.92 Å². The number of rotatable bonds is 0. The van der Waals surface area contributed by atoms with E-state index in [4.69, 9.17) is 0 Å². The van der Waals surface area contributed by atoms with Crippen LogP contribution in [0.5, 0.6) is 0 Å². The lowest BCUT2D eigenvalue weighted by molar-refractivity contribution is 1.11. The summed E-state index contributed by atoms with van der Waals surface area (Å²) in [5.41, 5.74) is 0. The number of hydrogen-bond donors (Lipinski definition) is 0. The van der Waals surface area contributed by atoms with Gasteiger partial charge in [0.15, 0.2) is 0 Å². The lowest BCUT2D eigenvalue weighted by atomic mass is 11.0. The summed E-state index contributed by atoms with van der Waals surface area (Å²) in [6.45, 7) is 2.14. The lowest BCUT2D eigenvalue weighted by Crippen LogP contribution is -1.59. The van der Waals surface area contributed by atoms with Crippen molar-refractivity contribution in [3.63, 3.8) is 0 Å². The van der Waals surface area contributed by atoms with E-state index in [9.17, 15) is 0 Å². The fraction of sp³-hybridized carbons (Fsp3) is 1.00. The van der Waals surface area contributed by atoms with Crippen LogP contribution in [-0.4, -0.2) is 1.93 Å². The highest BCUT2D eigenvalue weighted by Crippen LogP contribution is 2.05. The molecule has 0 aromatic rings. The Morgan fingerprint density at radius 2 is 1.14 bits per heavy atom. The van der Waals surface area contributed by atoms with Crippen LogP contribution in [-0.2, 0) is 0 Å². The third-order valence-electron chi connectivity index (χ3n) is 0. The van der Waals surface area contributed by atoms with Gasteiger partial charge in [-0.3, -0.25) is 4.70 Å². The average molecular weight is 556 g/mol. The van der Waals surface area contributed by atoms with E-state index in [-0.39, 0.29) is 4.70 Å². The van der Waals surface area contributed by atoms with Crippen molar-refractivity contribution >= 4 is 82.4 Å². The van der Waals surface area contributed by atoms with Gasteiger partial charge in [0.1, 0.15) is 0 Å². The molecule has 0 rings (SSSR count). The third kappa shape index (κ3) is 51.1. The van der Waals surface area contributed by atoms with E-state index in [1.54, 1.807) is 0 Å². The summed E-state index contributed by atoms with van der Waals surface area (Å²) in [6.07, 6.45) is 0. The fourth-order valence-corrected chi connectivity index (χ4v) is 0. The third-order valence-corrected chi connectivity index (χ3v) is 0. The summed E-state index contributed by atoms with van der Waals surface area (Å²) in [7, 11) is 0. The van der Waals surface area contributed by atoms with E-state index in [1.807, 2.05) is 0 Å². The molecular weight excluding hydrogens is 551 g/mol. The molecule has 0 amide bonds. The topological polar surface area (TPSA) is 0 Å². The normalized spacial score (nSPS) is 6.00. The molecule has 0 atom stereocenters. The molecular formula is C2H5FI4. The van der Waals surface area contributed by atoms with Crippen LogP contribution in [0.4, 0.5) is 4.70 Å². The van der Waals surface area contributed by atoms with Crippen molar-refractivity contribution < 1.29 is 4.70 Å². The lowest BCUT2D eigenvalue weighted by Gasteiger charge is -1.73. The van der Waals surface area contributed by atoms with Crippen molar-refractivity contribution in [2.75, 3.05) is 0 Å². The predicted molar refractivity (Wildman–Crippen MR) is 68.0 cm³/mol. The zero-order chi connectivity index (χ0) is 5.58. The molecule has 0 bridgehead atoms. The van der Waals surface area contributed by atoms with E-state index < -0.39 is 0 Å². The predicted octanol–water partition coefficient (Wildman–Crippen LogP) is 4.13. The molecule has 0 saturated heterocycles. The van der Waals surface area contributed by atoms with Crippen molar-refractivity contribution in [2.45, 2.75) is 8.86 Å². The fourth-order valence-electron chi connectivity index (χ4n) is 0. The van der Waals surface area contributed by atoms with Crippen LogP contribution in [0.15, 0.2) is 0 Å². The summed E-state index contributed by atoms with van der Waals surface area (Å²) >= 11 is 8.90. The second-order valence-corrected chi connectivity index (χ2v) is 6.64. The highest BCUT2D eigenvalue weighted by molar-refractivity contribution is 15.0. The summed E-state index contributed by atoms with van der Waals surface area (Å²) in [6, 6.07) is 0. The maximum absolute atomic E-state index is 2.33. The quantitative estimate of drug-likeness (QED) is 0.312. The monoisotopic (exact) mass is 556 g/mol. The van der Waals surface area contributed by atoms with Crippen molar-refractivity contribution in [2.24, 2.45) is 0 Å². The van der Waals surface area contributed by atoms with Crippen LogP contribution in [0, 0.1) is 0 Å². The number of alkyl halides is 2. The van der Waals surface area contributed by atoms with Crippen molar-refractivity contribution in [3.8, 4) is 0 Å². The molecule has 48 valence electrons. The molecule has 0 fully saturated rings. The van der Waals surface area contributed by atoms with Gasteiger partial charge in [-0.2, -0.15) is 0 Å². The second-order valence-electron chi connectivity index (χ2n) is 0.519. The van der Waals surface area contributed by atoms with Gasteiger partial charge in [0, 0.05) is 37.2 Å². The average Bonchev–Trinajstić information content (AvgIpc) is 1.41. The first-order chi connectivity index (χ1) is 2.73. The Morgan fingerprint density at radius 1 is 1.14 bits per heavy atom. The minimum atomic E-state index is 0. The molecule has 0 unspecified atom stereocenters. The maximum atomic E-state index is 2.33. The van der Waals surface area contributed by atoms with Crippen LogP contribution >= 0.6 is 82.4 Å². The Labute approximate surface area is 93.9 Å². The first-order valence-corrected chi connectivity index (χ1v) is 9.93. The molecule has 0 aliphatic heterocycles. The molecule has 0 aliphatic carbocycles. The molecule has 0 aromatic carbocycles. The standard InChI is InChI=1S/C2H4I2.FH.I2/c1-2(3)4;;1-2/h2H,1H3;1H;. The van der Waals surface area contributed by atoms with Gasteiger partial charge in [-0.05, 0) is 6.92 Å². The Kier molecular flexibility index (Phi) is 37.4. The van der Waals surface area contributed by atoms with Gasteiger partial charge < -0.3 is 0 Å². The van der Waals surface area contributed by atoms with Gasteiger partial charge in [0.25, 0.3) is 0 Å². The highest BCUT2D eigenvalue weighted by atomic mass is 128. The molecule has 0 aliphatic rings. The smallest absolute Gasteiger partial charge is 0.0598 e. The van der Waals surface area contributed by atoms with E-state index in [1.165, 1.54) is 0 Å². The van der Waals surface area contributed by atoms with Crippen LogP contribution in [0.2, 0.25) is 0 Å². The molecule has 0 saturated carbocycles. The molecule has 0 aromatic heterocycles. The van der Waals surface area contributed by atoms with Gasteiger partial charge in [-0.15, -0.1) is 0 Å². The first-order valence-electron chi connectivity index (χ1n) is 1.16. The van der Waals surface area contributed by atoms with Gasteiger partial charge in [0.05, 0.1) is 1.93 Å². The van der Waals surface area contributed by atoms with Crippen LogP contribution in [0.25, 0.3) is 0 Å². The Morgan fingerprint density at radius 3 is 1.14 bits per heavy atom. The second kappa shape index (κ2) is 15.9. The minimum absolute atomic E-state index is 0. The van der Waals surface area contributed by atoms with Gasteiger partial charge in [-0.25, -0.2) is 0 Å². The zero-order valence-electron chi connectivity index (χ0n) is 3.50. The van der Waals surface area contributed by atoms with Crippen LogP contribution in [0.3, 0.4) is 0 Å². The molecule has 0 spiro atoms. The van der Waals surface area contributed by atoms with Gasteiger partial charge in [0.2, 0.25) is 0 Å². The van der Waals surface area contributed by atoms with Gasteiger partial charge in [-0.1, -0.05) is 45.2 Å². The Bertz CT molecular complexity index is 14.4. The SMILES string of the molecule is CC(I)I.F.II. The first kappa shape index (κ1) is 16.4. The summed E-state index contributed by atoms with van der Waals surface area (Å²) < 4.78 is 0.773. The summed E-state index contributed by atoms with van der Waals surface area (Å²) in [5, 5.41) is 0. The molecule has 5 heteroatoms. The van der Waals surface area contributed by atoms with Crippen molar-refractivity contribution in [3.05, 3.63) is 0 Å². The molecule has 0 nitrogen and oxygen atoms in total. The van der Waals surface area contributed by atoms with E-state index >= 15 is 0 Å². The summed E-state index contributed by atoms with van der Waals surface area (Å²) in [5.74, 6) is 0. The van der Waals surface area contributed by atoms with E-state index in [0.717, 1.165) is 1.93 Å². The highest BCUT2D eigenvalue weighted by Gasteiger charge is 1.73. The van der Waals surface area contributed by atoms with Crippen molar-refractivity contribution in [1.29, 1.82) is 0 Å². The number of hydrogen-bond acceptors (Lipinski definition) is 0. The molecule has 0 radical (unpaired) electrons. The Balaban J connectivity index is -0.0000000480. The molecule has 0 heterocycles. The summed E-state index contributed by atoms with van der Waals surface area (Å²) in [4.78, 5) is 0. The zero-order valence-corrected chi connectivity index (χ0v) is 12.1. The molecule has 0 N–H and O–H groups in total. The Hall–Kier alpha value is 2.85. The van der Waals surface area contributed by atoms with Gasteiger partial charge >= 0.3 is 0 Å². The van der Waals surface area contributed by atoms with Crippen LogP contribution < -0.4 is 0 Å². The van der Waals surface area contributed by atoms with Crippen molar-refractivity contribution in [1.82, 2.24) is 0 Å².